The Morgan fingerprint density at radius 3 is 2.44 bits per heavy atom. The second-order valence-electron chi connectivity index (χ2n) is 1.61. The number of hydrogen-bond acceptors (Lipinski definition) is 2. The molecule has 0 unspecified atom stereocenters. The van der Waals surface area contributed by atoms with E-state index in [4.69, 9.17) is 0 Å². The highest BCUT2D eigenvalue weighted by Gasteiger charge is 1.83. The molecule has 0 aliphatic heterocycles. The van der Waals surface area contributed by atoms with Crippen molar-refractivity contribution in [2.24, 2.45) is 5.10 Å². The maximum atomic E-state index is 4.05. The van der Waals surface area contributed by atoms with E-state index in [0.29, 0.717) is 0 Å². The summed E-state index contributed by atoms with van der Waals surface area (Å²) in [7, 11) is 0. The van der Waals surface area contributed by atoms with Gasteiger partial charge in [0.1, 0.15) is 0 Å². The minimum Gasteiger partial charge on any atom is -0.274 e. The Kier molecular flexibility index (Phi) is 4.88. The summed E-state index contributed by atoms with van der Waals surface area (Å²) in [5.41, 5.74) is 0. The highest BCUT2D eigenvalue weighted by Crippen LogP contribution is 1.87. The molecule has 0 fully saturated rings. The van der Waals surface area contributed by atoms with Crippen molar-refractivity contribution in [2.75, 3.05) is 6.54 Å². The molecule has 9 heavy (non-hydrogen) atoms. The predicted octanol–water partition coefficient (Wildman–Crippen LogP) is 1.85. The van der Waals surface area contributed by atoms with Gasteiger partial charge in [-0.15, -0.1) is 0 Å². The van der Waals surface area contributed by atoms with E-state index in [1.165, 1.54) is 0 Å². The van der Waals surface area contributed by atoms with Gasteiger partial charge in [-0.25, -0.2) is 0 Å². The zero-order valence-electron chi connectivity index (χ0n) is 6.33. The number of rotatable bonds is 3. The summed E-state index contributed by atoms with van der Waals surface area (Å²) in [6.45, 7) is 6.88. The van der Waals surface area contributed by atoms with Crippen LogP contribution in [-0.2, 0) is 0 Å². The van der Waals surface area contributed by atoms with Gasteiger partial charge in [-0.1, -0.05) is 6.08 Å². The van der Waals surface area contributed by atoms with Crippen LogP contribution in [0.4, 0.5) is 0 Å². The summed E-state index contributed by atoms with van der Waals surface area (Å²) in [5.74, 6) is 0. The number of hydrazone groups is 1. The third-order valence-electron chi connectivity index (χ3n) is 0.909. The molecule has 0 rings (SSSR count). The molecular weight excluding hydrogens is 112 g/mol. The van der Waals surface area contributed by atoms with Crippen molar-refractivity contribution < 1.29 is 0 Å². The van der Waals surface area contributed by atoms with E-state index < -0.39 is 0 Å². The molecule has 0 bridgehead atoms. The third kappa shape index (κ3) is 3.76. The molecular formula is C7H14N2. The molecule has 0 aromatic rings. The topological polar surface area (TPSA) is 15.6 Å². The van der Waals surface area contributed by atoms with E-state index in [0.717, 1.165) is 6.54 Å². The standard InChI is InChI=1S/C7H14N2/c1-4-7-9(6-3)8-5-2/h4-5,7H,6H2,1-3H3/b7-4-,8-5+. The summed E-state index contributed by atoms with van der Waals surface area (Å²) in [5, 5.41) is 5.93. The molecule has 0 aromatic carbocycles. The Bertz CT molecular complexity index is 93.5. The summed E-state index contributed by atoms with van der Waals surface area (Å²) < 4.78 is 0. The van der Waals surface area contributed by atoms with Gasteiger partial charge in [0.15, 0.2) is 0 Å². The fourth-order valence-electron chi connectivity index (χ4n) is 0.546. The normalized spacial score (nSPS) is 11.4. The quantitative estimate of drug-likeness (QED) is 0.416. The van der Waals surface area contributed by atoms with E-state index >= 15 is 0 Å². The SMILES string of the molecule is C/C=C\N(CC)/N=C/C. The van der Waals surface area contributed by atoms with Gasteiger partial charge in [-0.05, 0) is 20.8 Å². The Morgan fingerprint density at radius 2 is 2.11 bits per heavy atom. The highest BCUT2D eigenvalue weighted by molar-refractivity contribution is 5.52. The van der Waals surface area contributed by atoms with Crippen molar-refractivity contribution in [3.05, 3.63) is 12.3 Å². The van der Waals surface area contributed by atoms with Crippen LogP contribution in [-0.4, -0.2) is 17.8 Å². The second kappa shape index (κ2) is 5.35. The van der Waals surface area contributed by atoms with Crippen LogP contribution in [0.2, 0.25) is 0 Å². The van der Waals surface area contributed by atoms with Gasteiger partial charge in [-0.2, -0.15) is 5.10 Å². The first-order valence-electron chi connectivity index (χ1n) is 3.23. The lowest BCUT2D eigenvalue weighted by molar-refractivity contribution is 0.423. The lowest BCUT2D eigenvalue weighted by atomic mass is 10.6. The van der Waals surface area contributed by atoms with Crippen LogP contribution >= 0.6 is 0 Å². The van der Waals surface area contributed by atoms with Gasteiger partial charge in [0.25, 0.3) is 0 Å². The first-order chi connectivity index (χ1) is 4.35. The molecule has 0 radical (unpaired) electrons. The van der Waals surface area contributed by atoms with E-state index in [2.05, 4.69) is 12.0 Å². The molecule has 0 aliphatic carbocycles. The van der Waals surface area contributed by atoms with Crippen LogP contribution < -0.4 is 0 Å². The molecule has 0 saturated carbocycles. The van der Waals surface area contributed by atoms with Crippen LogP contribution in [0.1, 0.15) is 20.8 Å². The van der Waals surface area contributed by atoms with Crippen LogP contribution in [0.3, 0.4) is 0 Å². The number of nitrogens with zero attached hydrogens (tertiary/aromatic N) is 2. The Balaban J connectivity index is 3.68. The van der Waals surface area contributed by atoms with Gasteiger partial charge >= 0.3 is 0 Å². The zero-order chi connectivity index (χ0) is 7.11. The molecule has 0 aliphatic rings. The molecule has 0 N–H and O–H groups in total. The number of allylic oxidation sites excluding steroid dienone is 1. The largest absolute Gasteiger partial charge is 0.274 e. The van der Waals surface area contributed by atoms with Gasteiger partial charge in [-0.3, -0.25) is 5.01 Å². The molecule has 0 saturated heterocycles. The highest BCUT2D eigenvalue weighted by atomic mass is 15.4. The van der Waals surface area contributed by atoms with E-state index in [1.807, 2.05) is 31.1 Å². The van der Waals surface area contributed by atoms with E-state index in [1.54, 1.807) is 6.21 Å². The lowest BCUT2D eigenvalue weighted by Crippen LogP contribution is -2.07. The fourth-order valence-corrected chi connectivity index (χ4v) is 0.546. The lowest BCUT2D eigenvalue weighted by Gasteiger charge is -2.08. The monoisotopic (exact) mass is 126 g/mol. The number of hydrogen-bond donors (Lipinski definition) is 0. The minimum atomic E-state index is 0.925. The van der Waals surface area contributed by atoms with Gasteiger partial charge in [0.05, 0.1) is 0 Å². The molecule has 0 aromatic heterocycles. The van der Waals surface area contributed by atoms with E-state index in [9.17, 15) is 0 Å². The fraction of sp³-hybridized carbons (Fsp3) is 0.571. The maximum Gasteiger partial charge on any atom is 0.0380 e. The summed E-state index contributed by atoms with van der Waals surface area (Å²) in [6.07, 6.45) is 5.69. The molecule has 0 heterocycles. The van der Waals surface area contributed by atoms with Crippen LogP contribution in [0.15, 0.2) is 17.4 Å². The van der Waals surface area contributed by atoms with Crippen molar-refractivity contribution in [2.45, 2.75) is 20.8 Å². The molecule has 52 valence electrons. The molecule has 2 nitrogen and oxygen atoms in total. The van der Waals surface area contributed by atoms with Gasteiger partial charge < -0.3 is 0 Å². The molecule has 0 spiro atoms. The second-order valence-corrected chi connectivity index (χ2v) is 1.61. The van der Waals surface area contributed by atoms with Crippen molar-refractivity contribution in [1.82, 2.24) is 5.01 Å². The van der Waals surface area contributed by atoms with Crippen molar-refractivity contribution in [3.8, 4) is 0 Å². The van der Waals surface area contributed by atoms with Gasteiger partial charge in [0.2, 0.25) is 0 Å². The van der Waals surface area contributed by atoms with Crippen molar-refractivity contribution in [1.29, 1.82) is 0 Å². The van der Waals surface area contributed by atoms with Crippen molar-refractivity contribution >= 4 is 6.21 Å². The summed E-state index contributed by atoms with van der Waals surface area (Å²) >= 11 is 0. The minimum absolute atomic E-state index is 0.925. The Morgan fingerprint density at radius 1 is 1.44 bits per heavy atom. The average Bonchev–Trinajstić information content (AvgIpc) is 1.88. The molecule has 2 heteroatoms. The summed E-state index contributed by atoms with van der Waals surface area (Å²) in [4.78, 5) is 0. The predicted molar refractivity (Wildman–Crippen MR) is 41.4 cm³/mol. The third-order valence-corrected chi connectivity index (χ3v) is 0.909. The van der Waals surface area contributed by atoms with Crippen LogP contribution in [0, 0.1) is 0 Å². The van der Waals surface area contributed by atoms with Crippen LogP contribution in [0.25, 0.3) is 0 Å². The van der Waals surface area contributed by atoms with Gasteiger partial charge in [0, 0.05) is 19.0 Å². The molecule has 0 atom stereocenters. The zero-order valence-corrected chi connectivity index (χ0v) is 6.33. The summed E-state index contributed by atoms with van der Waals surface area (Å²) in [6, 6.07) is 0. The first-order valence-corrected chi connectivity index (χ1v) is 3.23. The molecule has 0 amide bonds. The van der Waals surface area contributed by atoms with Crippen LogP contribution in [0.5, 0.6) is 0 Å². The van der Waals surface area contributed by atoms with E-state index in [-0.39, 0.29) is 0 Å². The van der Waals surface area contributed by atoms with Crippen molar-refractivity contribution in [3.63, 3.8) is 0 Å². The average molecular weight is 126 g/mol. The first kappa shape index (κ1) is 8.21. The smallest absolute Gasteiger partial charge is 0.0380 e. The Labute approximate surface area is 56.9 Å². The maximum absolute atomic E-state index is 4.05. The Hall–Kier alpha value is -0.790.